The van der Waals surface area contributed by atoms with Crippen LogP contribution in [0.3, 0.4) is 0 Å². The molecule has 0 aliphatic carbocycles. The third-order valence-electron chi connectivity index (χ3n) is 1.11. The van der Waals surface area contributed by atoms with Crippen molar-refractivity contribution in [2.75, 3.05) is 0 Å². The molecule has 1 rings (SSSR count). The van der Waals surface area contributed by atoms with Crippen LogP contribution in [0.15, 0.2) is 17.5 Å². The van der Waals surface area contributed by atoms with Crippen molar-refractivity contribution in [3.8, 4) is 5.06 Å². The van der Waals surface area contributed by atoms with E-state index in [1.165, 1.54) is 6.07 Å². The van der Waals surface area contributed by atoms with E-state index in [9.17, 15) is 8.42 Å². The van der Waals surface area contributed by atoms with Crippen molar-refractivity contribution in [1.82, 2.24) is 0 Å². The van der Waals surface area contributed by atoms with Crippen LogP contribution in [0, 0.1) is 0 Å². The van der Waals surface area contributed by atoms with E-state index in [0.717, 1.165) is 18.3 Å². The molecule has 1 N–H and O–H groups in total. The molecule has 4 nitrogen and oxygen atoms in total. The summed E-state index contributed by atoms with van der Waals surface area (Å²) in [6.07, 6.45) is 0. The van der Waals surface area contributed by atoms with Crippen LogP contribution in [-0.2, 0) is 10.1 Å². The highest BCUT2D eigenvalue weighted by molar-refractivity contribution is 7.87. The van der Waals surface area contributed by atoms with Gasteiger partial charge in [-0.15, -0.1) is 11.3 Å². The Labute approximate surface area is 74.5 Å². The van der Waals surface area contributed by atoms with Crippen molar-refractivity contribution < 1.29 is 17.7 Å². The van der Waals surface area contributed by atoms with E-state index in [0.29, 0.717) is 0 Å². The number of aliphatic hydroxyl groups excluding tert-OH is 1. The van der Waals surface area contributed by atoms with Crippen molar-refractivity contribution in [2.45, 2.75) is 12.4 Å². The van der Waals surface area contributed by atoms with Gasteiger partial charge in [0.25, 0.3) is 0 Å². The fraction of sp³-hybridized carbons (Fsp3) is 0.333. The van der Waals surface area contributed by atoms with E-state index in [2.05, 4.69) is 4.18 Å². The number of rotatable bonds is 3. The predicted octanol–water partition coefficient (Wildman–Crippen LogP) is 0.795. The fourth-order valence-electron chi connectivity index (χ4n) is 0.495. The normalized spacial score (nSPS) is 14.2. The first-order chi connectivity index (χ1) is 5.52. The molecule has 0 bridgehead atoms. The largest absolute Gasteiger partial charge is 0.374 e. The second kappa shape index (κ2) is 3.42. The van der Waals surface area contributed by atoms with E-state index in [1.54, 1.807) is 11.4 Å². The van der Waals surface area contributed by atoms with Gasteiger partial charge in [-0.3, -0.25) is 0 Å². The Morgan fingerprint density at radius 3 is 2.75 bits per heavy atom. The summed E-state index contributed by atoms with van der Waals surface area (Å²) in [6.45, 7) is 1.14. The van der Waals surface area contributed by atoms with Crippen LogP contribution < -0.4 is 4.18 Å². The lowest BCUT2D eigenvalue weighted by Crippen LogP contribution is -2.21. The van der Waals surface area contributed by atoms with Gasteiger partial charge in [-0.2, -0.15) is 8.42 Å². The molecule has 6 heteroatoms. The third-order valence-corrected chi connectivity index (χ3v) is 3.21. The highest BCUT2D eigenvalue weighted by Crippen LogP contribution is 2.21. The lowest BCUT2D eigenvalue weighted by Gasteiger charge is -2.05. The smallest absolute Gasteiger partial charge is 0.336 e. The molecule has 0 spiro atoms. The molecule has 0 amide bonds. The fourth-order valence-corrected chi connectivity index (χ4v) is 1.81. The first kappa shape index (κ1) is 9.50. The summed E-state index contributed by atoms with van der Waals surface area (Å²) in [5, 5.41) is 10.7. The minimum atomic E-state index is -3.86. The van der Waals surface area contributed by atoms with Crippen molar-refractivity contribution >= 4 is 21.5 Å². The second-order valence-corrected chi connectivity index (χ2v) is 4.85. The van der Waals surface area contributed by atoms with Crippen molar-refractivity contribution in [3.63, 3.8) is 0 Å². The van der Waals surface area contributed by atoms with E-state index in [4.69, 9.17) is 5.11 Å². The molecule has 1 aromatic rings. The lowest BCUT2D eigenvalue weighted by atomic mass is 10.7. The molecule has 0 aromatic carbocycles. The highest BCUT2D eigenvalue weighted by Gasteiger charge is 2.20. The zero-order valence-electron chi connectivity index (χ0n) is 6.30. The average molecular weight is 208 g/mol. The molecule has 0 radical (unpaired) electrons. The van der Waals surface area contributed by atoms with Gasteiger partial charge in [-0.05, 0) is 24.4 Å². The molecular formula is C6H8O4S2. The summed E-state index contributed by atoms with van der Waals surface area (Å²) < 4.78 is 26.4. The van der Waals surface area contributed by atoms with Gasteiger partial charge in [-0.1, -0.05) is 0 Å². The summed E-state index contributed by atoms with van der Waals surface area (Å²) in [4.78, 5) is 0. The first-order valence-corrected chi connectivity index (χ1v) is 5.52. The van der Waals surface area contributed by atoms with E-state index in [-0.39, 0.29) is 5.06 Å². The van der Waals surface area contributed by atoms with Gasteiger partial charge in [0.15, 0.2) is 10.5 Å². The Kier molecular flexibility index (Phi) is 2.71. The molecule has 0 saturated heterocycles. The zero-order valence-corrected chi connectivity index (χ0v) is 7.93. The minimum Gasteiger partial charge on any atom is -0.374 e. The number of hydrogen-bond acceptors (Lipinski definition) is 5. The predicted molar refractivity (Wildman–Crippen MR) is 45.5 cm³/mol. The quantitative estimate of drug-likeness (QED) is 0.746. The Morgan fingerprint density at radius 1 is 1.67 bits per heavy atom. The van der Waals surface area contributed by atoms with Gasteiger partial charge in [-0.25, -0.2) is 0 Å². The molecule has 1 atom stereocenters. The van der Waals surface area contributed by atoms with Crippen LogP contribution in [0.25, 0.3) is 0 Å². The average Bonchev–Trinajstić information content (AvgIpc) is 2.38. The molecule has 0 aliphatic heterocycles. The molecule has 1 unspecified atom stereocenters. The molecule has 0 fully saturated rings. The maximum Gasteiger partial charge on any atom is 0.336 e. The van der Waals surface area contributed by atoms with E-state index in [1.807, 2.05) is 0 Å². The molecule has 1 aromatic heterocycles. The minimum absolute atomic E-state index is 0.260. The molecule has 0 saturated carbocycles. The van der Waals surface area contributed by atoms with Crippen LogP contribution in [-0.4, -0.2) is 19.0 Å². The van der Waals surface area contributed by atoms with Crippen molar-refractivity contribution in [3.05, 3.63) is 17.5 Å². The maximum absolute atomic E-state index is 10.9. The van der Waals surface area contributed by atoms with E-state index < -0.39 is 15.6 Å². The second-order valence-electron chi connectivity index (χ2n) is 2.11. The number of hydrogen-bond donors (Lipinski definition) is 1. The lowest BCUT2D eigenvalue weighted by molar-refractivity contribution is 0.254. The third kappa shape index (κ3) is 2.20. The number of thiophene rings is 1. The van der Waals surface area contributed by atoms with Gasteiger partial charge >= 0.3 is 10.1 Å². The topological polar surface area (TPSA) is 63.6 Å². The standard InChI is InChI=1S/C6H8O4S2/c1-5(7)12(8,9)10-6-3-2-4-11-6/h2-5,7H,1H3. The summed E-state index contributed by atoms with van der Waals surface area (Å²) in [5.41, 5.74) is -1.50. The van der Waals surface area contributed by atoms with Gasteiger partial charge in [0, 0.05) is 0 Å². The Morgan fingerprint density at radius 2 is 2.33 bits per heavy atom. The van der Waals surface area contributed by atoms with Gasteiger partial charge in [0.1, 0.15) is 0 Å². The molecule has 68 valence electrons. The zero-order chi connectivity index (χ0) is 9.19. The SMILES string of the molecule is CC(O)S(=O)(=O)Oc1cccs1. The van der Waals surface area contributed by atoms with Gasteiger partial charge in [0.05, 0.1) is 0 Å². The summed E-state index contributed by atoms with van der Waals surface area (Å²) in [5.74, 6) is 0. The molecule has 12 heavy (non-hydrogen) atoms. The van der Waals surface area contributed by atoms with Crippen LogP contribution in [0.5, 0.6) is 5.06 Å². The van der Waals surface area contributed by atoms with Crippen LogP contribution >= 0.6 is 11.3 Å². The van der Waals surface area contributed by atoms with Gasteiger partial charge in [0.2, 0.25) is 0 Å². The molecule has 1 heterocycles. The van der Waals surface area contributed by atoms with Gasteiger partial charge < -0.3 is 9.29 Å². The Balaban J connectivity index is 2.77. The van der Waals surface area contributed by atoms with Crippen molar-refractivity contribution in [2.24, 2.45) is 0 Å². The van der Waals surface area contributed by atoms with Crippen LogP contribution in [0.4, 0.5) is 0 Å². The van der Waals surface area contributed by atoms with E-state index >= 15 is 0 Å². The maximum atomic E-state index is 10.9. The molecular weight excluding hydrogens is 200 g/mol. The Hall–Kier alpha value is -0.590. The monoisotopic (exact) mass is 208 g/mol. The van der Waals surface area contributed by atoms with Crippen LogP contribution in [0.2, 0.25) is 0 Å². The number of aliphatic hydroxyl groups is 1. The Bertz CT molecular complexity index is 324. The summed E-state index contributed by atoms with van der Waals surface area (Å²) in [6, 6.07) is 3.18. The first-order valence-electron chi connectivity index (χ1n) is 3.17. The summed E-state index contributed by atoms with van der Waals surface area (Å²) in [7, 11) is -3.86. The molecule has 0 aliphatic rings. The highest BCUT2D eigenvalue weighted by atomic mass is 32.2. The summed E-state index contributed by atoms with van der Waals surface area (Å²) >= 11 is 1.15. The van der Waals surface area contributed by atoms with Crippen LogP contribution in [0.1, 0.15) is 6.92 Å². The van der Waals surface area contributed by atoms with Crippen molar-refractivity contribution in [1.29, 1.82) is 0 Å².